The Morgan fingerprint density at radius 2 is 1.82 bits per heavy atom. The molecule has 22 heavy (non-hydrogen) atoms. The summed E-state index contributed by atoms with van der Waals surface area (Å²) in [5, 5.41) is -0.369. The van der Waals surface area contributed by atoms with E-state index in [1.165, 1.54) is 7.11 Å². The highest BCUT2D eigenvalue weighted by molar-refractivity contribution is 7.91. The molecule has 0 amide bonds. The minimum absolute atomic E-state index is 0.0780. The number of hydrogen-bond donors (Lipinski definition) is 0. The number of fused-ring (bicyclic) bond motifs is 1. The van der Waals surface area contributed by atoms with E-state index in [4.69, 9.17) is 4.74 Å². The van der Waals surface area contributed by atoms with Crippen LogP contribution in [0.25, 0.3) is 0 Å². The van der Waals surface area contributed by atoms with Crippen molar-refractivity contribution in [3.8, 4) is 6.01 Å². The molecule has 0 aliphatic heterocycles. The van der Waals surface area contributed by atoms with Gasteiger partial charge in [0.05, 0.1) is 23.8 Å². The van der Waals surface area contributed by atoms with Crippen LogP contribution in [0.2, 0.25) is 0 Å². The Morgan fingerprint density at radius 1 is 1.18 bits per heavy atom. The van der Waals surface area contributed by atoms with Crippen LogP contribution in [-0.2, 0) is 28.4 Å². The second-order valence-electron chi connectivity index (χ2n) is 5.59. The summed E-state index contributed by atoms with van der Waals surface area (Å²) in [4.78, 5) is 8.23. The maximum Gasteiger partial charge on any atom is 0.316 e. The van der Waals surface area contributed by atoms with Crippen LogP contribution in [0.4, 0.5) is 0 Å². The minimum Gasteiger partial charge on any atom is -0.467 e. The summed E-state index contributed by atoms with van der Waals surface area (Å²) >= 11 is 0. The first kappa shape index (κ1) is 15.0. The Hall–Kier alpha value is -1.95. The summed E-state index contributed by atoms with van der Waals surface area (Å²) in [5.41, 5.74) is 3.45. The van der Waals surface area contributed by atoms with Crippen molar-refractivity contribution in [3.05, 3.63) is 52.8 Å². The van der Waals surface area contributed by atoms with E-state index in [1.54, 1.807) is 13.0 Å². The Balaban J connectivity index is 1.82. The molecule has 0 N–H and O–H groups in total. The molecular formula is C16H18N2O3S. The monoisotopic (exact) mass is 318 g/mol. The molecule has 0 radical (unpaired) electrons. The average molecular weight is 318 g/mol. The molecule has 0 bridgehead atoms. The first-order valence-electron chi connectivity index (χ1n) is 7.15. The highest BCUT2D eigenvalue weighted by Crippen LogP contribution is 2.28. The van der Waals surface area contributed by atoms with Crippen LogP contribution in [0.5, 0.6) is 6.01 Å². The molecule has 0 saturated carbocycles. The van der Waals surface area contributed by atoms with E-state index >= 15 is 0 Å². The van der Waals surface area contributed by atoms with Crippen molar-refractivity contribution in [2.24, 2.45) is 0 Å². The number of nitrogens with zero attached hydrogens (tertiary/aromatic N) is 2. The number of aryl methyl sites for hydroxylation is 1. The molecule has 0 spiro atoms. The van der Waals surface area contributed by atoms with Gasteiger partial charge in [0.1, 0.15) is 0 Å². The predicted octanol–water partition coefficient (Wildman–Crippen LogP) is 1.88. The molecule has 6 heteroatoms. The third kappa shape index (κ3) is 2.97. The molecule has 0 atom stereocenters. The van der Waals surface area contributed by atoms with Gasteiger partial charge < -0.3 is 4.74 Å². The number of sulfone groups is 1. The lowest BCUT2D eigenvalue weighted by Crippen LogP contribution is -2.24. The number of rotatable bonds is 4. The highest BCUT2D eigenvalue weighted by atomic mass is 32.2. The fraction of sp³-hybridized carbons (Fsp3) is 0.375. The largest absolute Gasteiger partial charge is 0.467 e. The van der Waals surface area contributed by atoms with Crippen molar-refractivity contribution in [1.29, 1.82) is 0 Å². The van der Waals surface area contributed by atoms with Crippen molar-refractivity contribution in [1.82, 2.24) is 9.97 Å². The zero-order valence-electron chi connectivity index (χ0n) is 12.6. The lowest BCUT2D eigenvalue weighted by atomic mass is 10.1. The van der Waals surface area contributed by atoms with E-state index in [2.05, 4.69) is 9.97 Å². The van der Waals surface area contributed by atoms with Crippen LogP contribution in [0.3, 0.4) is 0 Å². The van der Waals surface area contributed by atoms with Crippen molar-refractivity contribution >= 4 is 9.84 Å². The lowest BCUT2D eigenvalue weighted by Gasteiger charge is -2.11. The SMILES string of the molecule is COc1nc(C)cc(CS(=O)(=O)C2Cc3ccccc3C2)n1. The minimum atomic E-state index is -3.27. The molecule has 3 rings (SSSR count). The summed E-state index contributed by atoms with van der Waals surface area (Å²) in [7, 11) is -1.80. The van der Waals surface area contributed by atoms with Gasteiger partial charge in [0.25, 0.3) is 0 Å². The van der Waals surface area contributed by atoms with Gasteiger partial charge in [0.15, 0.2) is 9.84 Å². The molecule has 0 unspecified atom stereocenters. The molecule has 1 aromatic carbocycles. The van der Waals surface area contributed by atoms with Crippen molar-refractivity contribution in [2.45, 2.75) is 30.8 Å². The van der Waals surface area contributed by atoms with Crippen LogP contribution in [0.15, 0.2) is 30.3 Å². The summed E-state index contributed by atoms with van der Waals surface area (Å²) in [5.74, 6) is -0.0780. The number of benzene rings is 1. The number of ether oxygens (including phenoxy) is 1. The van der Waals surface area contributed by atoms with Crippen LogP contribution in [-0.4, -0.2) is 30.7 Å². The summed E-state index contributed by atoms with van der Waals surface area (Å²) < 4.78 is 30.4. The van der Waals surface area contributed by atoms with Crippen LogP contribution in [0.1, 0.15) is 22.5 Å². The van der Waals surface area contributed by atoms with E-state index in [0.717, 1.165) is 11.1 Å². The Kier molecular flexibility index (Phi) is 3.87. The molecule has 2 aromatic rings. The van der Waals surface area contributed by atoms with Crippen molar-refractivity contribution in [3.63, 3.8) is 0 Å². The lowest BCUT2D eigenvalue weighted by molar-refractivity contribution is 0.377. The van der Waals surface area contributed by atoms with E-state index < -0.39 is 9.84 Å². The maximum atomic E-state index is 12.7. The number of aromatic nitrogens is 2. The quantitative estimate of drug-likeness (QED) is 0.861. The second-order valence-corrected chi connectivity index (χ2v) is 7.87. The zero-order chi connectivity index (χ0) is 15.7. The predicted molar refractivity (Wildman–Crippen MR) is 83.6 cm³/mol. The van der Waals surface area contributed by atoms with E-state index in [9.17, 15) is 8.42 Å². The van der Waals surface area contributed by atoms with Gasteiger partial charge in [0, 0.05) is 5.69 Å². The normalized spacial score (nSPS) is 14.8. The molecule has 1 aromatic heterocycles. The van der Waals surface area contributed by atoms with Crippen LogP contribution >= 0.6 is 0 Å². The molecular weight excluding hydrogens is 300 g/mol. The standard InChI is InChI=1S/C16H18N2O3S/c1-11-7-14(18-16(17-11)21-2)10-22(19,20)15-8-12-5-3-4-6-13(12)9-15/h3-7,15H,8-10H2,1-2H3. The van der Waals surface area contributed by atoms with Crippen LogP contribution in [0, 0.1) is 6.92 Å². The fourth-order valence-corrected chi connectivity index (χ4v) is 4.53. The fourth-order valence-electron chi connectivity index (χ4n) is 2.87. The third-order valence-electron chi connectivity index (χ3n) is 3.94. The second kappa shape index (κ2) is 5.68. The Labute approximate surface area is 130 Å². The van der Waals surface area contributed by atoms with Crippen molar-refractivity contribution < 1.29 is 13.2 Å². The van der Waals surface area contributed by atoms with Gasteiger partial charge in [-0.25, -0.2) is 13.4 Å². The van der Waals surface area contributed by atoms with E-state index in [1.807, 2.05) is 24.3 Å². The van der Waals surface area contributed by atoms with Gasteiger partial charge >= 0.3 is 6.01 Å². The molecule has 1 aliphatic carbocycles. The highest BCUT2D eigenvalue weighted by Gasteiger charge is 2.32. The topological polar surface area (TPSA) is 69.2 Å². The summed E-state index contributed by atoms with van der Waals surface area (Å²) in [6.07, 6.45) is 1.17. The smallest absolute Gasteiger partial charge is 0.316 e. The summed E-state index contributed by atoms with van der Waals surface area (Å²) in [6, 6.07) is 9.81. The van der Waals surface area contributed by atoms with Gasteiger partial charge in [-0.1, -0.05) is 24.3 Å². The van der Waals surface area contributed by atoms with E-state index in [-0.39, 0.29) is 17.0 Å². The summed E-state index contributed by atoms with van der Waals surface area (Å²) in [6.45, 7) is 1.80. The Morgan fingerprint density at radius 3 is 2.41 bits per heavy atom. The molecule has 0 saturated heterocycles. The van der Waals surface area contributed by atoms with Gasteiger partial charge in [-0.3, -0.25) is 0 Å². The zero-order valence-corrected chi connectivity index (χ0v) is 13.4. The average Bonchev–Trinajstić information content (AvgIpc) is 2.91. The van der Waals surface area contributed by atoms with E-state index in [0.29, 0.717) is 24.2 Å². The van der Waals surface area contributed by atoms with Crippen molar-refractivity contribution in [2.75, 3.05) is 7.11 Å². The van der Waals surface area contributed by atoms with Gasteiger partial charge in [-0.2, -0.15) is 4.98 Å². The molecule has 0 fully saturated rings. The molecule has 116 valence electrons. The third-order valence-corrected chi connectivity index (χ3v) is 5.99. The molecule has 5 nitrogen and oxygen atoms in total. The molecule has 1 aliphatic rings. The van der Waals surface area contributed by atoms with Gasteiger partial charge in [0.2, 0.25) is 0 Å². The number of methoxy groups -OCH3 is 1. The molecule has 1 heterocycles. The van der Waals surface area contributed by atoms with Gasteiger partial charge in [-0.05, 0) is 37.0 Å². The first-order chi connectivity index (χ1) is 10.5. The van der Waals surface area contributed by atoms with Gasteiger partial charge in [-0.15, -0.1) is 0 Å². The Bertz CT molecular complexity index is 778. The number of hydrogen-bond acceptors (Lipinski definition) is 5. The van der Waals surface area contributed by atoms with Crippen LogP contribution < -0.4 is 4.74 Å². The first-order valence-corrected chi connectivity index (χ1v) is 8.86. The maximum absolute atomic E-state index is 12.7.